The van der Waals surface area contributed by atoms with Gasteiger partial charge in [-0.25, -0.2) is 4.98 Å². The molecule has 1 aliphatic rings. The van der Waals surface area contributed by atoms with Crippen LogP contribution in [0.25, 0.3) is 23.1 Å². The zero-order valence-corrected chi connectivity index (χ0v) is 13.6. The van der Waals surface area contributed by atoms with Crippen LogP contribution in [0.15, 0.2) is 42.5 Å². The van der Waals surface area contributed by atoms with Crippen molar-refractivity contribution in [3.63, 3.8) is 0 Å². The molecule has 0 atom stereocenters. The molecule has 0 unspecified atom stereocenters. The maximum Gasteiger partial charge on any atom is 0.280 e. The van der Waals surface area contributed by atoms with Crippen LogP contribution in [-0.4, -0.2) is 16.7 Å². The van der Waals surface area contributed by atoms with E-state index in [0.29, 0.717) is 27.8 Å². The van der Waals surface area contributed by atoms with Gasteiger partial charge in [-0.15, -0.1) is 0 Å². The summed E-state index contributed by atoms with van der Waals surface area (Å²) in [5, 5.41) is 12.9. The fraction of sp³-hybridized carbons (Fsp3) is 0.0556. The average Bonchev–Trinajstić information content (AvgIpc) is 3.06. The SMILES string of the molecule is O=[N+]([O-])c1cc2c(cc1C=Cc1ccc3ccc(Cl)cc3n1)OCO2. The highest BCUT2D eigenvalue weighted by Crippen LogP contribution is 2.38. The van der Waals surface area contributed by atoms with E-state index in [1.165, 1.54) is 6.07 Å². The molecule has 2 heterocycles. The van der Waals surface area contributed by atoms with E-state index < -0.39 is 4.92 Å². The molecule has 2 aromatic carbocycles. The number of benzene rings is 2. The second kappa shape index (κ2) is 6.07. The standard InChI is InChI=1S/C18H11ClN2O4/c19-13-4-1-11-2-5-14(20-15(11)8-13)6-3-12-7-17-18(25-10-24-17)9-16(12)21(22)23/h1-9H,10H2. The molecule has 7 heteroatoms. The quantitative estimate of drug-likeness (QED) is 0.503. The third kappa shape index (κ3) is 2.99. The molecule has 124 valence electrons. The molecule has 0 fully saturated rings. The Bertz CT molecular complexity index is 1030. The van der Waals surface area contributed by atoms with E-state index in [1.807, 2.05) is 18.2 Å². The lowest BCUT2D eigenvalue weighted by molar-refractivity contribution is -0.385. The van der Waals surface area contributed by atoms with Crippen LogP contribution in [0.4, 0.5) is 5.69 Å². The molecule has 0 N–H and O–H groups in total. The Morgan fingerprint density at radius 2 is 1.84 bits per heavy atom. The van der Waals surface area contributed by atoms with Gasteiger partial charge in [0.25, 0.3) is 5.69 Å². The van der Waals surface area contributed by atoms with Gasteiger partial charge in [0, 0.05) is 10.4 Å². The fourth-order valence-electron chi connectivity index (χ4n) is 2.61. The van der Waals surface area contributed by atoms with Crippen LogP contribution in [0.1, 0.15) is 11.3 Å². The minimum atomic E-state index is -0.449. The Hall–Kier alpha value is -3.12. The van der Waals surface area contributed by atoms with Crippen molar-refractivity contribution in [1.29, 1.82) is 0 Å². The summed E-state index contributed by atoms with van der Waals surface area (Å²) in [5.74, 6) is 0.867. The first-order chi connectivity index (χ1) is 12.1. The summed E-state index contributed by atoms with van der Waals surface area (Å²) < 4.78 is 10.5. The minimum absolute atomic E-state index is 0.0515. The fourth-order valence-corrected chi connectivity index (χ4v) is 2.78. The number of halogens is 1. The summed E-state index contributed by atoms with van der Waals surface area (Å²) >= 11 is 5.99. The molecule has 0 spiro atoms. The van der Waals surface area contributed by atoms with Gasteiger partial charge < -0.3 is 9.47 Å². The van der Waals surface area contributed by atoms with Gasteiger partial charge in [-0.05, 0) is 36.4 Å². The highest BCUT2D eigenvalue weighted by molar-refractivity contribution is 6.31. The smallest absolute Gasteiger partial charge is 0.280 e. The highest BCUT2D eigenvalue weighted by Gasteiger charge is 2.22. The zero-order chi connectivity index (χ0) is 17.4. The van der Waals surface area contributed by atoms with E-state index in [1.54, 1.807) is 30.4 Å². The van der Waals surface area contributed by atoms with Gasteiger partial charge in [0.15, 0.2) is 11.5 Å². The van der Waals surface area contributed by atoms with Crippen molar-refractivity contribution in [2.24, 2.45) is 0 Å². The number of fused-ring (bicyclic) bond motifs is 2. The van der Waals surface area contributed by atoms with Crippen LogP contribution >= 0.6 is 11.6 Å². The molecule has 3 aromatic rings. The zero-order valence-electron chi connectivity index (χ0n) is 12.8. The molecule has 4 rings (SSSR count). The number of aromatic nitrogens is 1. The second-order valence-corrected chi connectivity index (χ2v) is 5.86. The molecular weight excluding hydrogens is 344 g/mol. The Morgan fingerprint density at radius 3 is 2.64 bits per heavy atom. The molecule has 0 amide bonds. The normalized spacial score (nSPS) is 12.8. The van der Waals surface area contributed by atoms with Crippen molar-refractivity contribution >= 4 is 40.3 Å². The summed E-state index contributed by atoms with van der Waals surface area (Å²) in [7, 11) is 0. The van der Waals surface area contributed by atoms with E-state index >= 15 is 0 Å². The summed E-state index contributed by atoms with van der Waals surface area (Å²) in [6, 6.07) is 12.2. The molecule has 0 bridgehead atoms. The second-order valence-electron chi connectivity index (χ2n) is 5.43. The summed E-state index contributed by atoms with van der Waals surface area (Å²) in [5.41, 5.74) is 1.79. The van der Waals surface area contributed by atoms with Crippen LogP contribution in [-0.2, 0) is 0 Å². The van der Waals surface area contributed by atoms with Crippen LogP contribution in [0, 0.1) is 10.1 Å². The van der Waals surface area contributed by atoms with E-state index in [0.717, 1.165) is 10.9 Å². The number of hydrogen-bond donors (Lipinski definition) is 0. The number of nitrogens with zero attached hydrogens (tertiary/aromatic N) is 2. The van der Waals surface area contributed by atoms with Crippen molar-refractivity contribution in [3.05, 3.63) is 68.9 Å². The van der Waals surface area contributed by atoms with Gasteiger partial charge in [0.05, 0.1) is 27.8 Å². The molecule has 0 saturated heterocycles. The summed E-state index contributed by atoms with van der Waals surface area (Å²) in [6.45, 7) is 0.0621. The van der Waals surface area contributed by atoms with Crippen LogP contribution < -0.4 is 9.47 Å². The lowest BCUT2D eigenvalue weighted by Gasteiger charge is -2.02. The topological polar surface area (TPSA) is 74.5 Å². The number of pyridine rings is 1. The van der Waals surface area contributed by atoms with Gasteiger partial charge in [0.1, 0.15) is 0 Å². The first kappa shape index (κ1) is 15.4. The van der Waals surface area contributed by atoms with E-state index in [2.05, 4.69) is 4.98 Å². The molecule has 1 aliphatic heterocycles. The number of ether oxygens (including phenoxy) is 2. The average molecular weight is 355 g/mol. The van der Waals surface area contributed by atoms with Crippen molar-refractivity contribution in [3.8, 4) is 11.5 Å². The molecule has 0 radical (unpaired) electrons. The van der Waals surface area contributed by atoms with Crippen molar-refractivity contribution < 1.29 is 14.4 Å². The number of nitro benzene ring substituents is 1. The monoisotopic (exact) mass is 354 g/mol. The Labute approximate surface area is 147 Å². The van der Waals surface area contributed by atoms with Crippen molar-refractivity contribution in [1.82, 2.24) is 4.98 Å². The summed E-state index contributed by atoms with van der Waals surface area (Å²) in [6.07, 6.45) is 3.35. The third-order valence-corrected chi connectivity index (χ3v) is 4.06. The molecule has 25 heavy (non-hydrogen) atoms. The van der Waals surface area contributed by atoms with Gasteiger partial charge in [-0.1, -0.05) is 23.7 Å². The Kier molecular flexibility index (Phi) is 3.74. The summed E-state index contributed by atoms with van der Waals surface area (Å²) in [4.78, 5) is 15.3. The van der Waals surface area contributed by atoms with Crippen LogP contribution in [0.2, 0.25) is 5.02 Å². The molecular formula is C18H11ClN2O4. The maximum absolute atomic E-state index is 11.3. The van der Waals surface area contributed by atoms with Crippen molar-refractivity contribution in [2.75, 3.05) is 6.79 Å². The lowest BCUT2D eigenvalue weighted by Crippen LogP contribution is -1.93. The van der Waals surface area contributed by atoms with Gasteiger partial charge in [-0.3, -0.25) is 10.1 Å². The maximum atomic E-state index is 11.3. The Balaban J connectivity index is 1.73. The largest absolute Gasteiger partial charge is 0.454 e. The molecule has 0 aliphatic carbocycles. The van der Waals surface area contributed by atoms with E-state index in [-0.39, 0.29) is 12.5 Å². The van der Waals surface area contributed by atoms with Crippen LogP contribution in [0.5, 0.6) is 11.5 Å². The third-order valence-electron chi connectivity index (χ3n) is 3.83. The first-order valence-corrected chi connectivity index (χ1v) is 7.80. The number of rotatable bonds is 3. The highest BCUT2D eigenvalue weighted by atomic mass is 35.5. The van der Waals surface area contributed by atoms with Crippen LogP contribution in [0.3, 0.4) is 0 Å². The van der Waals surface area contributed by atoms with E-state index in [4.69, 9.17) is 21.1 Å². The molecule has 1 aromatic heterocycles. The van der Waals surface area contributed by atoms with Gasteiger partial charge >= 0.3 is 0 Å². The number of hydrogen-bond acceptors (Lipinski definition) is 5. The first-order valence-electron chi connectivity index (χ1n) is 7.42. The van der Waals surface area contributed by atoms with Gasteiger partial charge in [-0.2, -0.15) is 0 Å². The Morgan fingerprint density at radius 1 is 1.08 bits per heavy atom. The predicted octanol–water partition coefficient (Wildman–Crippen LogP) is 4.70. The lowest BCUT2D eigenvalue weighted by atomic mass is 10.1. The number of nitro groups is 1. The van der Waals surface area contributed by atoms with Crippen molar-refractivity contribution in [2.45, 2.75) is 0 Å². The van der Waals surface area contributed by atoms with E-state index in [9.17, 15) is 10.1 Å². The predicted molar refractivity (Wildman–Crippen MR) is 94.9 cm³/mol. The molecule has 6 nitrogen and oxygen atoms in total. The molecule has 0 saturated carbocycles. The van der Waals surface area contributed by atoms with Gasteiger partial charge in [0.2, 0.25) is 6.79 Å². The minimum Gasteiger partial charge on any atom is -0.454 e.